The number of anilines is 3. The van der Waals surface area contributed by atoms with Crippen molar-refractivity contribution in [2.75, 3.05) is 4.90 Å². The van der Waals surface area contributed by atoms with Gasteiger partial charge >= 0.3 is 0 Å². The second kappa shape index (κ2) is 14.1. The third-order valence-corrected chi connectivity index (χ3v) is 11.1. The van der Waals surface area contributed by atoms with Crippen molar-refractivity contribution in [3.63, 3.8) is 0 Å². The van der Waals surface area contributed by atoms with Gasteiger partial charge in [0, 0.05) is 38.7 Å². The monoisotopic (exact) mass is 743 g/mol. The Kier molecular flexibility index (Phi) is 7.20. The summed E-state index contributed by atoms with van der Waals surface area (Å²) in [6.45, 7) is 0. The highest BCUT2D eigenvalue weighted by Gasteiger charge is 2.21. The highest BCUT2D eigenvalue weighted by atomic mass is 16.3. The summed E-state index contributed by atoms with van der Waals surface area (Å²) in [5, 5.41) is 6.35. The quantitative estimate of drug-likeness (QED) is 0.162. The molecular formula is C56H37NO. The van der Waals surface area contributed by atoms with Crippen molar-refractivity contribution in [2.24, 2.45) is 0 Å². The van der Waals surface area contributed by atoms with E-state index >= 15 is 0 Å². The SMILES string of the molecule is [2H]c1c([2H])c(N(c2ccc(-c3ccccc3)cc2)c2ccccc2-c2cccc3c2oc2c4ccccc4ccc32)c([2H])c([2H])c1-c1cccc(-c2cccc3ccccc23)c1. The smallest absolute Gasteiger partial charge is 0.143 e. The third-order valence-electron chi connectivity index (χ3n) is 11.1. The number of benzene rings is 10. The second-order valence-corrected chi connectivity index (χ2v) is 14.5. The van der Waals surface area contributed by atoms with Gasteiger partial charge in [-0.2, -0.15) is 0 Å². The number of hydrogen-bond donors (Lipinski definition) is 0. The van der Waals surface area contributed by atoms with E-state index in [-0.39, 0.29) is 35.4 Å². The second-order valence-electron chi connectivity index (χ2n) is 14.5. The van der Waals surface area contributed by atoms with E-state index in [1.807, 2.05) is 138 Å². The maximum absolute atomic E-state index is 9.76. The average molecular weight is 744 g/mol. The minimum atomic E-state index is -0.146. The lowest BCUT2D eigenvalue weighted by Gasteiger charge is -2.28. The van der Waals surface area contributed by atoms with E-state index in [9.17, 15) is 5.48 Å². The van der Waals surface area contributed by atoms with E-state index < -0.39 is 0 Å². The van der Waals surface area contributed by atoms with Crippen LogP contribution in [-0.2, 0) is 0 Å². The van der Waals surface area contributed by atoms with Crippen LogP contribution >= 0.6 is 0 Å². The molecule has 0 radical (unpaired) electrons. The molecule has 0 saturated heterocycles. The van der Waals surface area contributed by atoms with Crippen LogP contribution in [-0.4, -0.2) is 0 Å². The molecule has 0 N–H and O–H groups in total. The summed E-state index contributed by atoms with van der Waals surface area (Å²) in [6, 6.07) is 66.4. The number of fused-ring (bicyclic) bond motifs is 6. The van der Waals surface area contributed by atoms with Crippen LogP contribution in [0.3, 0.4) is 0 Å². The molecule has 0 amide bonds. The molecule has 2 heteroatoms. The molecule has 11 aromatic rings. The fourth-order valence-electron chi connectivity index (χ4n) is 8.34. The van der Waals surface area contributed by atoms with Gasteiger partial charge in [0.25, 0.3) is 0 Å². The normalized spacial score (nSPS) is 12.4. The van der Waals surface area contributed by atoms with Gasteiger partial charge in [0.15, 0.2) is 0 Å². The van der Waals surface area contributed by atoms with Gasteiger partial charge < -0.3 is 9.32 Å². The van der Waals surface area contributed by atoms with Gasteiger partial charge in [-0.05, 0) is 92.0 Å². The van der Waals surface area contributed by atoms with Crippen molar-refractivity contribution < 1.29 is 9.90 Å². The highest BCUT2D eigenvalue weighted by Crippen LogP contribution is 2.45. The first-order valence-corrected chi connectivity index (χ1v) is 19.5. The van der Waals surface area contributed by atoms with Gasteiger partial charge in [-0.1, -0.05) is 182 Å². The molecule has 2 nitrogen and oxygen atoms in total. The Bertz CT molecular complexity index is 3490. The lowest BCUT2D eigenvalue weighted by molar-refractivity contribution is 0.674. The standard InChI is InChI=1S/C56H37NO/c1-2-13-38(14-3-1)39-27-32-45(33-28-39)57(46-34-29-40(30-35-46)43-18-10-19-44(37-43)48-23-11-17-41-15-4-6-20-47(41)48)54-26-9-8-22-50(54)51-24-12-25-52-53-36-31-42-16-5-7-21-49(42)55(53)58-56(51)52/h1-37H/i29D,30D,34D,35D. The van der Waals surface area contributed by atoms with Gasteiger partial charge in [-0.25, -0.2) is 0 Å². The van der Waals surface area contributed by atoms with Gasteiger partial charge in [0.1, 0.15) is 11.2 Å². The molecule has 0 saturated carbocycles. The summed E-state index contributed by atoms with van der Waals surface area (Å²) in [5.41, 5.74) is 9.64. The molecule has 0 aliphatic heterocycles. The molecule has 0 unspecified atom stereocenters. The zero-order valence-electron chi connectivity index (χ0n) is 35.4. The molecule has 10 aromatic carbocycles. The molecule has 58 heavy (non-hydrogen) atoms. The fraction of sp³-hybridized carbons (Fsp3) is 0. The van der Waals surface area contributed by atoms with Crippen molar-refractivity contribution >= 4 is 60.5 Å². The van der Waals surface area contributed by atoms with Gasteiger partial charge in [0.05, 0.1) is 11.2 Å². The Morgan fingerprint density at radius 3 is 1.74 bits per heavy atom. The van der Waals surface area contributed by atoms with Crippen molar-refractivity contribution in [1.82, 2.24) is 0 Å². The van der Waals surface area contributed by atoms with Gasteiger partial charge in [0.2, 0.25) is 0 Å². The summed E-state index contributed by atoms with van der Waals surface area (Å²) in [4.78, 5) is 1.87. The number of hydrogen-bond acceptors (Lipinski definition) is 2. The predicted molar refractivity (Wildman–Crippen MR) is 245 cm³/mol. The molecule has 11 rings (SSSR count). The van der Waals surface area contributed by atoms with Crippen LogP contribution in [0.5, 0.6) is 0 Å². The Balaban J connectivity index is 1.12. The topological polar surface area (TPSA) is 16.4 Å². The van der Waals surface area contributed by atoms with Crippen molar-refractivity contribution in [3.8, 4) is 44.5 Å². The van der Waals surface area contributed by atoms with Crippen molar-refractivity contribution in [1.29, 1.82) is 0 Å². The third kappa shape index (κ3) is 5.82. The van der Waals surface area contributed by atoms with E-state index in [1.165, 1.54) is 0 Å². The Morgan fingerprint density at radius 1 is 0.328 bits per heavy atom. The van der Waals surface area contributed by atoms with Crippen LogP contribution in [0, 0.1) is 0 Å². The molecule has 0 spiro atoms. The van der Waals surface area contributed by atoms with E-state index in [1.54, 1.807) is 0 Å². The number of rotatable bonds is 7. The number of nitrogens with zero attached hydrogens (tertiary/aromatic N) is 1. The molecule has 1 aromatic heterocycles. The summed E-state index contributed by atoms with van der Waals surface area (Å²) >= 11 is 0. The first-order valence-electron chi connectivity index (χ1n) is 21.5. The van der Waals surface area contributed by atoms with Crippen molar-refractivity contribution in [3.05, 3.63) is 224 Å². The maximum Gasteiger partial charge on any atom is 0.143 e. The molecule has 0 aliphatic carbocycles. The lowest BCUT2D eigenvalue weighted by Crippen LogP contribution is -2.11. The van der Waals surface area contributed by atoms with Crippen LogP contribution in [0.2, 0.25) is 0 Å². The summed E-state index contributed by atoms with van der Waals surface area (Å²) in [6.07, 6.45) is 0. The summed E-state index contributed by atoms with van der Waals surface area (Å²) in [5.74, 6) is 0. The molecule has 1 heterocycles. The maximum atomic E-state index is 9.76. The molecular weight excluding hydrogens is 703 g/mol. The van der Waals surface area contributed by atoms with Crippen LogP contribution in [0.1, 0.15) is 5.48 Å². The molecule has 272 valence electrons. The van der Waals surface area contributed by atoms with E-state index in [0.29, 0.717) is 16.9 Å². The number of para-hydroxylation sites is 2. The molecule has 0 bridgehead atoms. The zero-order chi connectivity index (χ0) is 41.9. The first-order chi connectivity index (χ1) is 30.4. The zero-order valence-corrected chi connectivity index (χ0v) is 31.4. The minimum Gasteiger partial charge on any atom is -0.455 e. The lowest BCUT2D eigenvalue weighted by atomic mass is 9.95. The van der Waals surface area contributed by atoms with Crippen LogP contribution in [0.15, 0.2) is 229 Å². The first kappa shape index (κ1) is 29.6. The van der Waals surface area contributed by atoms with E-state index in [2.05, 4.69) is 66.7 Å². The average Bonchev–Trinajstić information content (AvgIpc) is 3.72. The van der Waals surface area contributed by atoms with Crippen LogP contribution in [0.4, 0.5) is 17.1 Å². The fourth-order valence-corrected chi connectivity index (χ4v) is 8.34. The van der Waals surface area contributed by atoms with Gasteiger partial charge in [-0.15, -0.1) is 0 Å². The van der Waals surface area contributed by atoms with E-state index in [4.69, 9.17) is 4.42 Å². The molecule has 0 fully saturated rings. The summed E-state index contributed by atoms with van der Waals surface area (Å²) < 4.78 is 45.6. The Hall–Kier alpha value is -7.68. The van der Waals surface area contributed by atoms with Crippen LogP contribution < -0.4 is 4.90 Å². The molecule has 0 atom stereocenters. The Morgan fingerprint density at radius 2 is 0.897 bits per heavy atom. The predicted octanol–water partition coefficient (Wildman–Crippen LogP) is 16.0. The van der Waals surface area contributed by atoms with Crippen LogP contribution in [0.25, 0.3) is 88.0 Å². The van der Waals surface area contributed by atoms with E-state index in [0.717, 1.165) is 76.9 Å². The van der Waals surface area contributed by atoms with Gasteiger partial charge in [-0.3, -0.25) is 0 Å². The van der Waals surface area contributed by atoms with Crippen molar-refractivity contribution in [2.45, 2.75) is 0 Å². The minimum absolute atomic E-state index is 0.120. The molecule has 0 aliphatic rings. The largest absolute Gasteiger partial charge is 0.455 e. The number of furan rings is 1. The summed E-state index contributed by atoms with van der Waals surface area (Å²) in [7, 11) is 0. The Labute approximate surface area is 343 Å². The highest BCUT2D eigenvalue weighted by molar-refractivity contribution is 6.17.